The van der Waals surface area contributed by atoms with Crippen molar-refractivity contribution < 1.29 is 9.47 Å². The number of benzene rings is 2. The van der Waals surface area contributed by atoms with E-state index in [0.717, 1.165) is 11.1 Å². The predicted molar refractivity (Wildman–Crippen MR) is 88.8 cm³/mol. The van der Waals surface area contributed by atoms with Crippen LogP contribution in [0.3, 0.4) is 0 Å². The number of hydrogen-bond donors (Lipinski definition) is 0. The summed E-state index contributed by atoms with van der Waals surface area (Å²) in [5, 5.41) is 0. The molecule has 3 aromatic rings. The monoisotopic (exact) mass is 323 g/mol. The molecule has 122 valence electrons. The Morgan fingerprint density at radius 1 is 0.833 bits per heavy atom. The van der Waals surface area contributed by atoms with Crippen molar-refractivity contribution in [2.45, 2.75) is 13.2 Å². The standard InChI is InChI=1S/C18H17N3O3/c1-21-17(22)19-16(23-12-14-8-4-2-5-9-14)20-18(21)24-13-15-10-6-3-7-11-15/h2-11H,12-13H2,1H3. The van der Waals surface area contributed by atoms with Crippen molar-refractivity contribution in [1.29, 1.82) is 0 Å². The Hall–Kier alpha value is -3.15. The van der Waals surface area contributed by atoms with Gasteiger partial charge in [0, 0.05) is 7.05 Å². The molecule has 0 saturated heterocycles. The number of aromatic nitrogens is 3. The summed E-state index contributed by atoms with van der Waals surface area (Å²) in [4.78, 5) is 19.9. The Bertz CT molecular complexity index is 848. The normalized spacial score (nSPS) is 10.4. The van der Waals surface area contributed by atoms with Gasteiger partial charge in [0.05, 0.1) is 0 Å². The molecule has 0 aliphatic carbocycles. The molecule has 6 nitrogen and oxygen atoms in total. The third-order valence-electron chi connectivity index (χ3n) is 3.38. The van der Waals surface area contributed by atoms with Gasteiger partial charge >= 0.3 is 17.7 Å². The van der Waals surface area contributed by atoms with Crippen molar-refractivity contribution in [3.05, 3.63) is 82.3 Å². The zero-order valence-corrected chi connectivity index (χ0v) is 13.3. The summed E-state index contributed by atoms with van der Waals surface area (Å²) in [5.74, 6) is 0. The van der Waals surface area contributed by atoms with Crippen molar-refractivity contribution in [3.8, 4) is 12.0 Å². The van der Waals surface area contributed by atoms with Crippen molar-refractivity contribution in [1.82, 2.24) is 14.5 Å². The van der Waals surface area contributed by atoms with Gasteiger partial charge in [-0.05, 0) is 11.1 Å². The quantitative estimate of drug-likeness (QED) is 0.696. The molecule has 6 heteroatoms. The smallest absolute Gasteiger partial charge is 0.356 e. The summed E-state index contributed by atoms with van der Waals surface area (Å²) in [6.07, 6.45) is 0. The fourth-order valence-electron chi connectivity index (χ4n) is 2.06. The minimum Gasteiger partial charge on any atom is -0.460 e. The predicted octanol–water partition coefficient (Wildman–Crippen LogP) is 2.33. The van der Waals surface area contributed by atoms with E-state index in [2.05, 4.69) is 9.97 Å². The van der Waals surface area contributed by atoms with Crippen LogP contribution in [0.5, 0.6) is 12.0 Å². The highest BCUT2D eigenvalue weighted by Gasteiger charge is 2.10. The first-order valence-electron chi connectivity index (χ1n) is 7.51. The highest BCUT2D eigenvalue weighted by Crippen LogP contribution is 2.11. The lowest BCUT2D eigenvalue weighted by atomic mass is 10.2. The van der Waals surface area contributed by atoms with Gasteiger partial charge in [-0.15, -0.1) is 9.97 Å². The van der Waals surface area contributed by atoms with E-state index in [1.54, 1.807) is 7.05 Å². The lowest BCUT2D eigenvalue weighted by Gasteiger charge is -2.10. The van der Waals surface area contributed by atoms with Crippen molar-refractivity contribution in [2.75, 3.05) is 0 Å². The molecule has 0 fully saturated rings. The summed E-state index contributed by atoms with van der Waals surface area (Å²) in [6, 6.07) is 19.4. The SMILES string of the molecule is Cn1c(OCc2ccccc2)nc(OCc2ccccc2)nc1=O. The second-order valence-corrected chi connectivity index (χ2v) is 5.18. The Morgan fingerprint density at radius 2 is 1.38 bits per heavy atom. The van der Waals surface area contributed by atoms with E-state index in [9.17, 15) is 4.79 Å². The third kappa shape index (κ3) is 3.98. The molecule has 24 heavy (non-hydrogen) atoms. The van der Waals surface area contributed by atoms with E-state index in [4.69, 9.17) is 9.47 Å². The zero-order valence-electron chi connectivity index (χ0n) is 13.3. The summed E-state index contributed by atoms with van der Waals surface area (Å²) >= 11 is 0. The first kappa shape index (κ1) is 15.7. The number of ether oxygens (including phenoxy) is 2. The lowest BCUT2D eigenvalue weighted by Crippen LogP contribution is -2.24. The van der Waals surface area contributed by atoms with Crippen LogP contribution in [0.4, 0.5) is 0 Å². The maximum atomic E-state index is 11.9. The first-order valence-corrected chi connectivity index (χ1v) is 7.51. The molecule has 1 heterocycles. The molecule has 2 aromatic carbocycles. The molecule has 0 saturated carbocycles. The Morgan fingerprint density at radius 3 is 1.96 bits per heavy atom. The van der Waals surface area contributed by atoms with Gasteiger partial charge in [-0.1, -0.05) is 60.7 Å². The molecule has 1 aromatic heterocycles. The van der Waals surface area contributed by atoms with Crippen LogP contribution < -0.4 is 15.2 Å². The van der Waals surface area contributed by atoms with Gasteiger partial charge in [-0.25, -0.2) is 9.36 Å². The van der Waals surface area contributed by atoms with Crippen LogP contribution in [0.2, 0.25) is 0 Å². The molecule has 0 aliphatic heterocycles. The Balaban J connectivity index is 1.72. The highest BCUT2D eigenvalue weighted by atomic mass is 16.5. The maximum Gasteiger partial charge on any atom is 0.356 e. The second-order valence-electron chi connectivity index (χ2n) is 5.18. The topological polar surface area (TPSA) is 66.2 Å². The molecular weight excluding hydrogens is 306 g/mol. The Labute approximate surface area is 139 Å². The van der Waals surface area contributed by atoms with Crippen LogP contribution in [0, 0.1) is 0 Å². The summed E-state index contributed by atoms with van der Waals surface area (Å²) in [5.41, 5.74) is 1.47. The zero-order chi connectivity index (χ0) is 16.8. The fourth-order valence-corrected chi connectivity index (χ4v) is 2.06. The maximum absolute atomic E-state index is 11.9. The lowest BCUT2D eigenvalue weighted by molar-refractivity contribution is 0.236. The van der Waals surface area contributed by atoms with E-state index in [0.29, 0.717) is 6.61 Å². The molecular formula is C18H17N3O3. The molecule has 0 aliphatic rings. The van der Waals surface area contributed by atoms with Gasteiger partial charge in [-0.2, -0.15) is 0 Å². The first-order chi connectivity index (χ1) is 11.7. The third-order valence-corrected chi connectivity index (χ3v) is 3.38. The van der Waals surface area contributed by atoms with Gasteiger partial charge in [0.25, 0.3) is 0 Å². The number of nitrogens with zero attached hydrogens (tertiary/aromatic N) is 3. The summed E-state index contributed by atoms with van der Waals surface area (Å²) < 4.78 is 12.4. The molecule has 0 bridgehead atoms. The average Bonchev–Trinajstić information content (AvgIpc) is 2.63. The van der Waals surface area contributed by atoms with Gasteiger partial charge < -0.3 is 9.47 Å². The van der Waals surface area contributed by atoms with E-state index in [-0.39, 0.29) is 18.6 Å². The molecule has 0 spiro atoms. The van der Waals surface area contributed by atoms with Crippen LogP contribution in [-0.2, 0) is 20.3 Å². The minimum absolute atomic E-state index is 0.00464. The average molecular weight is 323 g/mol. The fraction of sp³-hybridized carbons (Fsp3) is 0.167. The van der Waals surface area contributed by atoms with Crippen LogP contribution >= 0.6 is 0 Å². The minimum atomic E-state index is -0.476. The van der Waals surface area contributed by atoms with Crippen LogP contribution in [-0.4, -0.2) is 14.5 Å². The van der Waals surface area contributed by atoms with Crippen molar-refractivity contribution in [2.24, 2.45) is 7.05 Å². The number of hydrogen-bond acceptors (Lipinski definition) is 5. The van der Waals surface area contributed by atoms with Crippen molar-refractivity contribution >= 4 is 0 Å². The van der Waals surface area contributed by atoms with E-state index < -0.39 is 5.69 Å². The molecule has 0 amide bonds. The molecule has 0 unspecified atom stereocenters. The molecule has 0 atom stereocenters. The van der Waals surface area contributed by atoms with E-state index in [1.165, 1.54) is 4.57 Å². The summed E-state index contributed by atoms with van der Waals surface area (Å²) in [6.45, 7) is 0.593. The largest absolute Gasteiger partial charge is 0.460 e. The summed E-state index contributed by atoms with van der Waals surface area (Å²) in [7, 11) is 1.56. The van der Waals surface area contributed by atoms with E-state index in [1.807, 2.05) is 60.7 Å². The van der Waals surface area contributed by atoms with Gasteiger partial charge in [-0.3, -0.25) is 0 Å². The van der Waals surface area contributed by atoms with Gasteiger partial charge in [0.2, 0.25) is 0 Å². The second kappa shape index (κ2) is 7.41. The molecule has 3 rings (SSSR count). The van der Waals surface area contributed by atoms with Gasteiger partial charge in [0.15, 0.2) is 0 Å². The van der Waals surface area contributed by atoms with Crippen LogP contribution in [0.15, 0.2) is 65.5 Å². The van der Waals surface area contributed by atoms with Crippen LogP contribution in [0.25, 0.3) is 0 Å². The highest BCUT2D eigenvalue weighted by molar-refractivity contribution is 5.15. The van der Waals surface area contributed by atoms with Crippen molar-refractivity contribution in [3.63, 3.8) is 0 Å². The molecule has 0 N–H and O–H groups in total. The Kier molecular flexibility index (Phi) is 4.86. The van der Waals surface area contributed by atoms with Crippen LogP contribution in [0.1, 0.15) is 11.1 Å². The van der Waals surface area contributed by atoms with Gasteiger partial charge in [0.1, 0.15) is 13.2 Å². The molecule has 0 radical (unpaired) electrons. The number of rotatable bonds is 6. The van der Waals surface area contributed by atoms with E-state index >= 15 is 0 Å².